The molecule has 1 heterocycles. The van der Waals surface area contributed by atoms with Crippen LogP contribution < -0.4 is 5.32 Å². The Bertz CT molecular complexity index is 470. The molecule has 1 amide bonds. The number of hydrogen-bond donors (Lipinski definition) is 1. The van der Waals surface area contributed by atoms with E-state index in [1.807, 2.05) is 45.0 Å². The molecule has 1 aromatic carbocycles. The van der Waals surface area contributed by atoms with Crippen molar-refractivity contribution >= 4 is 5.91 Å². The van der Waals surface area contributed by atoms with Gasteiger partial charge in [-0.15, -0.1) is 0 Å². The minimum atomic E-state index is -0.547. The van der Waals surface area contributed by atoms with Crippen LogP contribution in [0.2, 0.25) is 0 Å². The van der Waals surface area contributed by atoms with E-state index in [1.54, 1.807) is 0 Å². The van der Waals surface area contributed by atoms with Gasteiger partial charge in [0.25, 0.3) is 0 Å². The van der Waals surface area contributed by atoms with Crippen LogP contribution in [0.1, 0.15) is 51.0 Å². The lowest BCUT2D eigenvalue weighted by Crippen LogP contribution is -2.25. The van der Waals surface area contributed by atoms with Crippen molar-refractivity contribution in [3.8, 4) is 0 Å². The van der Waals surface area contributed by atoms with Gasteiger partial charge in [0.2, 0.25) is 5.91 Å². The Balaban J connectivity index is 2.24. The molecular weight excluding hydrogens is 242 g/mol. The lowest BCUT2D eigenvalue weighted by molar-refractivity contribution is -0.139. The average Bonchev–Trinajstić information content (AvgIpc) is 2.69. The van der Waals surface area contributed by atoms with Gasteiger partial charge in [0.15, 0.2) is 5.79 Å². The lowest BCUT2D eigenvalue weighted by Gasteiger charge is -2.21. The summed E-state index contributed by atoms with van der Waals surface area (Å²) in [6.07, 6.45) is -0.0811. The van der Waals surface area contributed by atoms with E-state index in [9.17, 15) is 4.79 Å². The Morgan fingerprint density at radius 2 is 2.11 bits per heavy atom. The van der Waals surface area contributed by atoms with Gasteiger partial charge >= 0.3 is 0 Å². The van der Waals surface area contributed by atoms with Crippen LogP contribution in [0.4, 0.5) is 0 Å². The standard InChI is InChI=1S/C15H21NO3/c1-10(16-11(2)17)12-7-5-6-8-13(12)14-9-18-15(3,4)19-14/h5-8,10,14H,9H2,1-4H3,(H,16,17)/t10-,14-/m0/s1. The highest BCUT2D eigenvalue weighted by Crippen LogP contribution is 2.35. The molecule has 1 aliphatic heterocycles. The van der Waals surface area contributed by atoms with Crippen molar-refractivity contribution in [2.75, 3.05) is 6.61 Å². The second-order valence-corrected chi connectivity index (χ2v) is 5.37. The van der Waals surface area contributed by atoms with Crippen molar-refractivity contribution in [3.05, 3.63) is 35.4 Å². The van der Waals surface area contributed by atoms with Crippen LogP contribution in [0.15, 0.2) is 24.3 Å². The van der Waals surface area contributed by atoms with E-state index in [0.29, 0.717) is 6.61 Å². The molecule has 0 spiro atoms. The summed E-state index contributed by atoms with van der Waals surface area (Å²) in [5, 5.41) is 2.91. The van der Waals surface area contributed by atoms with E-state index in [-0.39, 0.29) is 18.1 Å². The van der Waals surface area contributed by atoms with Crippen LogP contribution in [0.25, 0.3) is 0 Å². The zero-order chi connectivity index (χ0) is 14.0. The first-order chi connectivity index (χ1) is 8.89. The molecule has 1 fully saturated rings. The molecular formula is C15H21NO3. The van der Waals surface area contributed by atoms with Crippen molar-refractivity contribution in [3.63, 3.8) is 0 Å². The third-order valence-electron chi connectivity index (χ3n) is 3.24. The molecule has 1 saturated heterocycles. The van der Waals surface area contributed by atoms with Gasteiger partial charge in [-0.1, -0.05) is 24.3 Å². The molecule has 0 radical (unpaired) electrons. The van der Waals surface area contributed by atoms with Gasteiger partial charge in [0.1, 0.15) is 6.10 Å². The number of carbonyl (C=O) groups is 1. The number of ether oxygens (including phenoxy) is 2. The number of nitrogens with one attached hydrogen (secondary N) is 1. The fourth-order valence-electron chi connectivity index (χ4n) is 2.42. The maximum Gasteiger partial charge on any atom is 0.217 e. The Labute approximate surface area is 114 Å². The van der Waals surface area contributed by atoms with Crippen LogP contribution in [-0.4, -0.2) is 18.3 Å². The number of rotatable bonds is 3. The minimum absolute atomic E-state index is 0.0359. The van der Waals surface area contributed by atoms with Crippen LogP contribution in [0.5, 0.6) is 0 Å². The summed E-state index contributed by atoms with van der Waals surface area (Å²) in [6, 6.07) is 7.96. The van der Waals surface area contributed by atoms with E-state index >= 15 is 0 Å². The Morgan fingerprint density at radius 3 is 2.68 bits per heavy atom. The maximum absolute atomic E-state index is 11.2. The summed E-state index contributed by atoms with van der Waals surface area (Å²) in [4.78, 5) is 11.2. The molecule has 0 unspecified atom stereocenters. The molecule has 0 saturated carbocycles. The highest BCUT2D eigenvalue weighted by atomic mass is 16.7. The van der Waals surface area contributed by atoms with Crippen LogP contribution >= 0.6 is 0 Å². The van der Waals surface area contributed by atoms with Crippen molar-refractivity contribution in [1.29, 1.82) is 0 Å². The zero-order valence-corrected chi connectivity index (χ0v) is 11.9. The van der Waals surface area contributed by atoms with Crippen molar-refractivity contribution in [2.24, 2.45) is 0 Å². The highest BCUT2D eigenvalue weighted by Gasteiger charge is 2.34. The maximum atomic E-state index is 11.2. The Hall–Kier alpha value is -1.39. The first-order valence-electron chi connectivity index (χ1n) is 6.57. The number of carbonyl (C=O) groups excluding carboxylic acids is 1. The van der Waals surface area contributed by atoms with E-state index in [1.165, 1.54) is 6.92 Å². The SMILES string of the molecule is CC(=O)N[C@@H](C)c1ccccc1[C@@H]1COC(C)(C)O1. The average molecular weight is 263 g/mol. The fraction of sp³-hybridized carbons (Fsp3) is 0.533. The van der Waals surface area contributed by atoms with Gasteiger partial charge in [0, 0.05) is 6.92 Å². The number of hydrogen-bond acceptors (Lipinski definition) is 3. The fourth-order valence-corrected chi connectivity index (χ4v) is 2.42. The summed E-state index contributed by atoms with van der Waals surface area (Å²) in [5.41, 5.74) is 2.15. The largest absolute Gasteiger partial charge is 0.350 e. The molecule has 1 N–H and O–H groups in total. The van der Waals surface area contributed by atoms with Crippen molar-refractivity contribution in [1.82, 2.24) is 5.32 Å². The Morgan fingerprint density at radius 1 is 1.42 bits per heavy atom. The molecule has 1 aromatic rings. The van der Waals surface area contributed by atoms with E-state index < -0.39 is 5.79 Å². The van der Waals surface area contributed by atoms with Gasteiger partial charge in [-0.2, -0.15) is 0 Å². The van der Waals surface area contributed by atoms with Crippen LogP contribution in [0.3, 0.4) is 0 Å². The summed E-state index contributed by atoms with van der Waals surface area (Å²) in [7, 11) is 0. The summed E-state index contributed by atoms with van der Waals surface area (Å²) >= 11 is 0. The smallest absolute Gasteiger partial charge is 0.217 e. The van der Waals surface area contributed by atoms with Crippen molar-refractivity contribution in [2.45, 2.75) is 45.6 Å². The molecule has 1 aliphatic rings. The van der Waals surface area contributed by atoms with E-state index in [0.717, 1.165) is 11.1 Å². The highest BCUT2D eigenvalue weighted by molar-refractivity contribution is 5.73. The monoisotopic (exact) mass is 263 g/mol. The summed E-state index contributed by atoms with van der Waals surface area (Å²) in [5.74, 6) is -0.583. The van der Waals surface area contributed by atoms with Gasteiger partial charge < -0.3 is 14.8 Å². The van der Waals surface area contributed by atoms with Gasteiger partial charge in [0.05, 0.1) is 12.6 Å². The third kappa shape index (κ3) is 3.33. The van der Waals surface area contributed by atoms with E-state index in [2.05, 4.69) is 5.32 Å². The molecule has 0 bridgehead atoms. The summed E-state index contributed by atoms with van der Waals surface area (Å²) < 4.78 is 11.5. The molecule has 0 aliphatic carbocycles. The second kappa shape index (κ2) is 5.31. The molecule has 2 rings (SSSR count). The normalized spacial score (nSPS) is 23.1. The van der Waals surface area contributed by atoms with E-state index in [4.69, 9.17) is 9.47 Å². The first kappa shape index (κ1) is 14.0. The van der Waals surface area contributed by atoms with Gasteiger partial charge in [-0.3, -0.25) is 4.79 Å². The van der Waals surface area contributed by atoms with Crippen LogP contribution in [0, 0.1) is 0 Å². The predicted octanol–water partition coefficient (Wildman–Crippen LogP) is 2.71. The molecule has 4 heteroatoms. The third-order valence-corrected chi connectivity index (χ3v) is 3.24. The molecule has 104 valence electrons. The molecule has 2 atom stereocenters. The topological polar surface area (TPSA) is 47.6 Å². The zero-order valence-electron chi connectivity index (χ0n) is 11.9. The summed E-state index contributed by atoms with van der Waals surface area (Å²) in [6.45, 7) is 7.86. The number of amides is 1. The minimum Gasteiger partial charge on any atom is -0.350 e. The van der Waals surface area contributed by atoms with Crippen molar-refractivity contribution < 1.29 is 14.3 Å². The van der Waals surface area contributed by atoms with Gasteiger partial charge in [-0.25, -0.2) is 0 Å². The number of benzene rings is 1. The molecule has 4 nitrogen and oxygen atoms in total. The predicted molar refractivity (Wildman–Crippen MR) is 72.5 cm³/mol. The Kier molecular flexibility index (Phi) is 3.92. The quantitative estimate of drug-likeness (QED) is 0.912. The second-order valence-electron chi connectivity index (χ2n) is 5.37. The lowest BCUT2D eigenvalue weighted by atomic mass is 9.97. The van der Waals surface area contributed by atoms with Crippen LogP contribution in [-0.2, 0) is 14.3 Å². The van der Waals surface area contributed by atoms with Gasteiger partial charge in [-0.05, 0) is 31.9 Å². The first-order valence-corrected chi connectivity index (χ1v) is 6.57. The molecule has 19 heavy (non-hydrogen) atoms. The molecule has 0 aromatic heterocycles.